The smallest absolute Gasteiger partial charge is 0.0867 e. The van der Waals surface area contributed by atoms with E-state index >= 15 is 0 Å². The number of hydrogen-bond donors (Lipinski definition) is 1. The third-order valence-corrected chi connectivity index (χ3v) is 2.62. The highest BCUT2D eigenvalue weighted by Crippen LogP contribution is 2.27. The summed E-state index contributed by atoms with van der Waals surface area (Å²) in [6, 6.07) is 10.2. The van der Waals surface area contributed by atoms with Gasteiger partial charge < -0.3 is 9.84 Å². The number of hydrogen-bond acceptors (Lipinski definition) is 2. The quantitative estimate of drug-likeness (QED) is 0.766. The Morgan fingerprint density at radius 2 is 2.07 bits per heavy atom. The Bertz CT molecular complexity index is 319. The summed E-state index contributed by atoms with van der Waals surface area (Å²) in [5.74, 6) is 0. The Morgan fingerprint density at radius 3 is 2.80 bits per heavy atom. The zero-order chi connectivity index (χ0) is 10.5. The van der Waals surface area contributed by atoms with Gasteiger partial charge >= 0.3 is 0 Å². The van der Waals surface area contributed by atoms with Gasteiger partial charge in [0.2, 0.25) is 0 Å². The fourth-order valence-corrected chi connectivity index (χ4v) is 1.84. The molecule has 2 heteroatoms. The van der Waals surface area contributed by atoms with Crippen LogP contribution < -0.4 is 0 Å². The summed E-state index contributed by atoms with van der Waals surface area (Å²) in [4.78, 5) is 0. The molecule has 2 nitrogen and oxygen atoms in total. The normalized spacial score (nSPS) is 25.4. The Balaban J connectivity index is 2.04. The third kappa shape index (κ3) is 2.67. The van der Waals surface area contributed by atoms with Crippen molar-refractivity contribution in [1.82, 2.24) is 0 Å². The minimum atomic E-state index is 0.0638. The van der Waals surface area contributed by atoms with Gasteiger partial charge in [0.15, 0.2) is 0 Å². The predicted octanol–water partition coefficient (Wildman–Crippen LogP) is 2.46. The van der Waals surface area contributed by atoms with Crippen LogP contribution in [-0.2, 0) is 4.74 Å². The molecule has 1 aromatic carbocycles. The minimum absolute atomic E-state index is 0.0638. The summed E-state index contributed by atoms with van der Waals surface area (Å²) in [6.07, 6.45) is 5.99. The summed E-state index contributed by atoms with van der Waals surface area (Å²) in [5.41, 5.74) is 1.21. The van der Waals surface area contributed by atoms with Crippen molar-refractivity contribution < 1.29 is 9.84 Å². The maximum Gasteiger partial charge on any atom is 0.0867 e. The van der Waals surface area contributed by atoms with E-state index in [0.717, 1.165) is 6.42 Å². The van der Waals surface area contributed by atoms with Gasteiger partial charge in [-0.15, -0.1) is 0 Å². The Kier molecular flexibility index (Phi) is 3.54. The van der Waals surface area contributed by atoms with Crippen LogP contribution in [0.25, 0.3) is 0 Å². The first kappa shape index (κ1) is 10.4. The van der Waals surface area contributed by atoms with E-state index in [2.05, 4.69) is 18.2 Å². The van der Waals surface area contributed by atoms with Crippen LogP contribution in [0, 0.1) is 0 Å². The van der Waals surface area contributed by atoms with Crippen LogP contribution in [0.15, 0.2) is 42.5 Å². The van der Waals surface area contributed by atoms with Gasteiger partial charge in [-0.1, -0.05) is 42.5 Å². The van der Waals surface area contributed by atoms with E-state index in [9.17, 15) is 0 Å². The van der Waals surface area contributed by atoms with Gasteiger partial charge in [0, 0.05) is 13.0 Å². The molecule has 0 radical (unpaired) electrons. The molecule has 0 aliphatic carbocycles. The number of ether oxygens (including phenoxy) is 1. The van der Waals surface area contributed by atoms with Crippen molar-refractivity contribution in [2.24, 2.45) is 0 Å². The van der Waals surface area contributed by atoms with E-state index in [1.54, 1.807) is 0 Å². The van der Waals surface area contributed by atoms with Crippen molar-refractivity contribution in [1.29, 1.82) is 0 Å². The zero-order valence-electron chi connectivity index (χ0n) is 8.67. The van der Waals surface area contributed by atoms with E-state index in [-0.39, 0.29) is 18.8 Å². The molecule has 0 fully saturated rings. The second kappa shape index (κ2) is 5.10. The van der Waals surface area contributed by atoms with E-state index in [1.807, 2.05) is 24.3 Å². The molecule has 1 aliphatic heterocycles. The molecule has 2 rings (SSSR count). The maximum absolute atomic E-state index is 8.86. The highest BCUT2D eigenvalue weighted by Gasteiger charge is 2.18. The molecule has 0 aromatic heterocycles. The van der Waals surface area contributed by atoms with Crippen molar-refractivity contribution in [2.45, 2.75) is 25.0 Å². The molecule has 0 bridgehead atoms. The highest BCUT2D eigenvalue weighted by atomic mass is 16.5. The summed E-state index contributed by atoms with van der Waals surface area (Å²) in [6.45, 7) is 0.177. The van der Waals surface area contributed by atoms with Crippen LogP contribution in [0.5, 0.6) is 0 Å². The molecular weight excluding hydrogens is 188 g/mol. The molecule has 0 saturated carbocycles. The van der Waals surface area contributed by atoms with Crippen LogP contribution in [0.4, 0.5) is 0 Å². The molecular formula is C13H16O2. The van der Waals surface area contributed by atoms with Gasteiger partial charge in [-0.25, -0.2) is 0 Å². The van der Waals surface area contributed by atoms with Crippen molar-refractivity contribution >= 4 is 0 Å². The van der Waals surface area contributed by atoms with Gasteiger partial charge in [0.05, 0.1) is 12.2 Å². The summed E-state index contributed by atoms with van der Waals surface area (Å²) in [7, 11) is 0. The number of aliphatic hydroxyl groups excluding tert-OH is 1. The first-order chi connectivity index (χ1) is 7.40. The first-order valence-corrected chi connectivity index (χ1v) is 5.38. The Hall–Kier alpha value is -1.12. The first-order valence-electron chi connectivity index (χ1n) is 5.38. The van der Waals surface area contributed by atoms with Gasteiger partial charge in [-0.2, -0.15) is 0 Å². The molecule has 0 unspecified atom stereocenters. The maximum atomic E-state index is 8.86. The van der Waals surface area contributed by atoms with E-state index in [4.69, 9.17) is 9.84 Å². The summed E-state index contributed by atoms with van der Waals surface area (Å²) >= 11 is 0. The zero-order valence-corrected chi connectivity index (χ0v) is 8.67. The van der Waals surface area contributed by atoms with Crippen molar-refractivity contribution in [3.63, 3.8) is 0 Å². The van der Waals surface area contributed by atoms with Crippen LogP contribution in [0.2, 0.25) is 0 Å². The van der Waals surface area contributed by atoms with E-state index in [1.165, 1.54) is 5.56 Å². The topological polar surface area (TPSA) is 29.5 Å². The largest absolute Gasteiger partial charge is 0.396 e. The average molecular weight is 204 g/mol. The molecule has 0 saturated heterocycles. The summed E-state index contributed by atoms with van der Waals surface area (Å²) in [5, 5.41) is 8.86. The van der Waals surface area contributed by atoms with Crippen molar-refractivity contribution in [3.8, 4) is 0 Å². The van der Waals surface area contributed by atoms with Crippen LogP contribution in [-0.4, -0.2) is 17.8 Å². The molecule has 1 aromatic rings. The average Bonchev–Trinajstić information content (AvgIpc) is 2.31. The number of aliphatic hydroxyl groups is 1. The lowest BCUT2D eigenvalue weighted by Gasteiger charge is -2.25. The standard InChI is InChI=1S/C13H16O2/c14-10-9-12-7-4-8-13(15-12)11-5-2-1-3-6-11/h1-7,12-14H,8-10H2/t12-,13+/m0/s1. The molecule has 15 heavy (non-hydrogen) atoms. The predicted molar refractivity (Wildman–Crippen MR) is 59.5 cm³/mol. The fourth-order valence-electron chi connectivity index (χ4n) is 1.84. The number of benzene rings is 1. The van der Waals surface area contributed by atoms with Crippen molar-refractivity contribution in [3.05, 3.63) is 48.0 Å². The molecule has 2 atom stereocenters. The Morgan fingerprint density at radius 1 is 1.27 bits per heavy atom. The minimum Gasteiger partial charge on any atom is -0.396 e. The monoisotopic (exact) mass is 204 g/mol. The van der Waals surface area contributed by atoms with Crippen LogP contribution in [0.3, 0.4) is 0 Å². The molecule has 80 valence electrons. The SMILES string of the molecule is OCC[C@@H]1C=CC[C@H](c2ccccc2)O1. The highest BCUT2D eigenvalue weighted by molar-refractivity contribution is 5.19. The van der Waals surface area contributed by atoms with Gasteiger partial charge in [0.25, 0.3) is 0 Å². The molecule has 1 heterocycles. The third-order valence-electron chi connectivity index (χ3n) is 2.62. The lowest BCUT2D eigenvalue weighted by molar-refractivity contribution is -0.00599. The lowest BCUT2D eigenvalue weighted by Crippen LogP contribution is -2.19. The van der Waals surface area contributed by atoms with Gasteiger partial charge in [-0.05, 0) is 12.0 Å². The lowest BCUT2D eigenvalue weighted by atomic mass is 10.0. The van der Waals surface area contributed by atoms with Gasteiger partial charge in [0.1, 0.15) is 0 Å². The molecule has 1 N–H and O–H groups in total. The van der Waals surface area contributed by atoms with Crippen LogP contribution >= 0.6 is 0 Å². The Labute approximate surface area is 90.2 Å². The number of rotatable bonds is 3. The molecule has 0 amide bonds. The fraction of sp³-hybridized carbons (Fsp3) is 0.385. The van der Waals surface area contributed by atoms with Crippen LogP contribution in [0.1, 0.15) is 24.5 Å². The molecule has 1 aliphatic rings. The van der Waals surface area contributed by atoms with Crippen molar-refractivity contribution in [2.75, 3.05) is 6.61 Å². The summed E-state index contributed by atoms with van der Waals surface area (Å²) < 4.78 is 5.87. The molecule has 0 spiro atoms. The van der Waals surface area contributed by atoms with Gasteiger partial charge in [-0.3, -0.25) is 0 Å². The van der Waals surface area contributed by atoms with E-state index < -0.39 is 0 Å². The second-order valence-corrected chi connectivity index (χ2v) is 3.75. The van der Waals surface area contributed by atoms with E-state index in [0.29, 0.717) is 6.42 Å². The second-order valence-electron chi connectivity index (χ2n) is 3.75.